The summed E-state index contributed by atoms with van der Waals surface area (Å²) in [5, 5.41) is 13.1. The first-order chi connectivity index (χ1) is 11.9. The Balaban J connectivity index is 1.59. The van der Waals surface area contributed by atoms with Crippen LogP contribution in [0.15, 0.2) is 11.6 Å². The Hall–Kier alpha value is -0.780. The van der Waals surface area contributed by atoms with E-state index in [9.17, 15) is 9.90 Å². The molecule has 0 aromatic rings. The number of halogens is 1. The molecule has 4 rings (SSSR count). The molecule has 0 aromatic carbocycles. The van der Waals surface area contributed by atoms with Gasteiger partial charge in [-0.25, -0.2) is 0 Å². The summed E-state index contributed by atoms with van der Waals surface area (Å²) in [5.74, 6) is 6.26. The van der Waals surface area contributed by atoms with Crippen LogP contribution >= 0.6 is 11.6 Å². The van der Waals surface area contributed by atoms with Crippen LogP contribution in [0.5, 0.6) is 0 Å². The average molecular weight is 361 g/mol. The smallest absolute Gasteiger partial charge is 0.133 e. The molecule has 0 amide bonds. The number of ketones is 1. The molecule has 2 nitrogen and oxygen atoms in total. The first kappa shape index (κ1) is 17.6. The molecule has 0 aromatic heterocycles. The van der Waals surface area contributed by atoms with Gasteiger partial charge in [-0.15, -0.1) is 0 Å². The Kier molecular flexibility index (Phi) is 4.33. The lowest BCUT2D eigenvalue weighted by molar-refractivity contribution is -0.126. The van der Waals surface area contributed by atoms with Gasteiger partial charge in [0.05, 0.1) is 0 Å². The van der Waals surface area contributed by atoms with E-state index in [0.29, 0.717) is 24.0 Å². The van der Waals surface area contributed by atoms with E-state index in [1.807, 2.05) is 0 Å². The van der Waals surface area contributed by atoms with Crippen molar-refractivity contribution in [3.05, 3.63) is 11.6 Å². The van der Waals surface area contributed by atoms with E-state index in [1.165, 1.54) is 24.8 Å². The second-order valence-corrected chi connectivity index (χ2v) is 9.50. The van der Waals surface area contributed by atoms with E-state index in [0.717, 1.165) is 37.5 Å². The first-order valence-corrected chi connectivity index (χ1v) is 10.3. The van der Waals surface area contributed by atoms with Gasteiger partial charge in [-0.05, 0) is 92.6 Å². The quantitative estimate of drug-likeness (QED) is 0.543. The van der Waals surface area contributed by atoms with Gasteiger partial charge in [0.15, 0.2) is 0 Å². The van der Waals surface area contributed by atoms with Gasteiger partial charge in [-0.1, -0.05) is 24.5 Å². The van der Waals surface area contributed by atoms with Crippen LogP contribution in [0.1, 0.15) is 65.2 Å². The fraction of sp³-hybridized carbons (Fsp3) is 0.773. The fourth-order valence-corrected chi connectivity index (χ4v) is 7.33. The lowest BCUT2D eigenvalue weighted by atomic mass is 9.51. The lowest BCUT2D eigenvalue weighted by Gasteiger charge is -2.54. The van der Waals surface area contributed by atoms with E-state index in [4.69, 9.17) is 11.6 Å². The molecule has 0 radical (unpaired) electrons. The molecule has 25 heavy (non-hydrogen) atoms. The Bertz CT molecular complexity index is 671. The number of hydrogen-bond acceptors (Lipinski definition) is 2. The lowest BCUT2D eigenvalue weighted by Crippen LogP contribution is -2.48. The molecular weight excluding hydrogens is 332 g/mol. The highest BCUT2D eigenvalue weighted by molar-refractivity contribution is 6.30. The van der Waals surface area contributed by atoms with Gasteiger partial charge in [-0.2, -0.15) is 0 Å². The molecule has 3 saturated carbocycles. The van der Waals surface area contributed by atoms with E-state index in [-0.39, 0.29) is 11.3 Å². The van der Waals surface area contributed by atoms with Crippen LogP contribution in [-0.4, -0.2) is 16.5 Å². The zero-order valence-electron chi connectivity index (χ0n) is 15.4. The van der Waals surface area contributed by atoms with Crippen molar-refractivity contribution in [2.45, 2.75) is 70.8 Å². The van der Waals surface area contributed by atoms with E-state index >= 15 is 0 Å². The molecule has 3 fully saturated rings. The highest BCUT2D eigenvalue weighted by Crippen LogP contribution is 2.63. The molecular formula is C22H29ClO2. The maximum Gasteiger partial charge on any atom is 0.133 e. The second kappa shape index (κ2) is 6.14. The largest absolute Gasteiger partial charge is 0.377 e. The first-order valence-electron chi connectivity index (χ1n) is 9.92. The van der Waals surface area contributed by atoms with Gasteiger partial charge in [0.2, 0.25) is 0 Å². The molecule has 7 atom stereocenters. The summed E-state index contributed by atoms with van der Waals surface area (Å²) in [4.78, 5) is 12.2. The fourth-order valence-electron chi connectivity index (χ4n) is 7.15. The minimum absolute atomic E-state index is 0.220. The molecule has 4 aliphatic rings. The van der Waals surface area contributed by atoms with Crippen molar-refractivity contribution in [3.8, 4) is 11.3 Å². The highest BCUT2D eigenvalue weighted by atomic mass is 35.5. The van der Waals surface area contributed by atoms with Gasteiger partial charge in [0.1, 0.15) is 11.4 Å². The van der Waals surface area contributed by atoms with Crippen LogP contribution in [0.4, 0.5) is 0 Å². The zero-order chi connectivity index (χ0) is 17.8. The summed E-state index contributed by atoms with van der Waals surface area (Å²) < 4.78 is 0. The van der Waals surface area contributed by atoms with E-state index in [2.05, 4.69) is 24.3 Å². The van der Waals surface area contributed by atoms with Crippen molar-refractivity contribution in [1.82, 2.24) is 0 Å². The highest BCUT2D eigenvalue weighted by Gasteiger charge is 2.57. The summed E-state index contributed by atoms with van der Waals surface area (Å²) >= 11 is 5.56. The number of allylic oxidation sites excluding steroid dienone is 1. The Labute approximate surface area is 156 Å². The number of rotatable bonds is 1. The number of Topliss-reactive ketones (excluding diaryl/α,β-unsaturated/α-hetero) is 1. The third-order valence-corrected chi connectivity index (χ3v) is 8.37. The third kappa shape index (κ3) is 2.70. The number of carbonyl (C=O) groups excluding carboxylic acids is 1. The van der Waals surface area contributed by atoms with Crippen LogP contribution in [0, 0.1) is 46.3 Å². The van der Waals surface area contributed by atoms with Crippen molar-refractivity contribution in [2.24, 2.45) is 35.0 Å². The molecule has 0 heterocycles. The predicted molar refractivity (Wildman–Crippen MR) is 99.8 cm³/mol. The maximum absolute atomic E-state index is 12.2. The summed E-state index contributed by atoms with van der Waals surface area (Å²) in [6.45, 7) is 4.19. The average Bonchev–Trinajstić information content (AvgIpc) is 2.91. The van der Waals surface area contributed by atoms with Gasteiger partial charge in [0, 0.05) is 17.7 Å². The van der Waals surface area contributed by atoms with E-state index in [1.54, 1.807) is 6.92 Å². The standard InChI is InChI=1S/C22H29ClO2/c1-14(24)19-5-6-20-18-4-3-15-13-22(25,11-12-23)10-8-16(15)17(18)7-9-21(19,20)2/h3,16-20,25H,4-10,13H2,1-2H3/t16-,17+,18+,19+,20-,21+,22+/m0/s1. The summed E-state index contributed by atoms with van der Waals surface area (Å²) in [6, 6.07) is 0. The molecule has 136 valence electrons. The third-order valence-electron chi connectivity index (χ3n) is 8.27. The van der Waals surface area contributed by atoms with Gasteiger partial charge in [-0.3, -0.25) is 4.79 Å². The van der Waals surface area contributed by atoms with Gasteiger partial charge < -0.3 is 5.11 Å². The number of fused-ring (bicyclic) bond motifs is 5. The molecule has 3 heteroatoms. The van der Waals surface area contributed by atoms with Crippen LogP contribution in [0.25, 0.3) is 0 Å². The van der Waals surface area contributed by atoms with Crippen LogP contribution in [0.2, 0.25) is 0 Å². The SMILES string of the molecule is CC(=O)[C@H]1CC[C@H]2[C@@H]3CC=C4C[C@](O)(C#CCl)CC[C@@H]4[C@H]3CC[C@]12C. The molecule has 0 unspecified atom stereocenters. The number of carbonyl (C=O) groups is 1. The molecule has 0 bridgehead atoms. The second-order valence-electron chi connectivity index (χ2n) is 9.31. The van der Waals surface area contributed by atoms with Gasteiger partial charge in [0.25, 0.3) is 0 Å². The van der Waals surface area contributed by atoms with Crippen LogP contribution in [0.3, 0.4) is 0 Å². The monoisotopic (exact) mass is 360 g/mol. The predicted octanol–water partition coefficient (Wildman–Crippen LogP) is 4.70. The normalized spacial score (nSPS) is 48.3. The minimum atomic E-state index is -0.923. The number of hydrogen-bond donors (Lipinski definition) is 1. The van der Waals surface area contributed by atoms with Crippen molar-refractivity contribution < 1.29 is 9.90 Å². The van der Waals surface area contributed by atoms with Crippen LogP contribution < -0.4 is 0 Å². The summed E-state index contributed by atoms with van der Waals surface area (Å²) in [5.41, 5.74) is 0.713. The van der Waals surface area contributed by atoms with Crippen molar-refractivity contribution in [1.29, 1.82) is 0 Å². The van der Waals surface area contributed by atoms with Crippen molar-refractivity contribution in [3.63, 3.8) is 0 Å². The maximum atomic E-state index is 12.2. The summed E-state index contributed by atoms with van der Waals surface area (Å²) in [7, 11) is 0. The Morgan fingerprint density at radius 2 is 2.04 bits per heavy atom. The molecule has 1 N–H and O–H groups in total. The molecule has 0 aliphatic heterocycles. The Morgan fingerprint density at radius 3 is 2.76 bits per heavy atom. The van der Waals surface area contributed by atoms with Crippen molar-refractivity contribution >= 4 is 17.4 Å². The number of aliphatic hydroxyl groups is 1. The zero-order valence-corrected chi connectivity index (χ0v) is 16.1. The topological polar surface area (TPSA) is 37.3 Å². The minimum Gasteiger partial charge on any atom is -0.377 e. The van der Waals surface area contributed by atoms with Gasteiger partial charge >= 0.3 is 0 Å². The van der Waals surface area contributed by atoms with Crippen molar-refractivity contribution in [2.75, 3.05) is 0 Å². The Morgan fingerprint density at radius 1 is 1.24 bits per heavy atom. The molecule has 0 saturated heterocycles. The molecule has 0 spiro atoms. The van der Waals surface area contributed by atoms with Crippen LogP contribution in [-0.2, 0) is 4.79 Å². The summed E-state index contributed by atoms with van der Waals surface area (Å²) in [6.07, 6.45) is 10.7. The molecule has 4 aliphatic carbocycles. The van der Waals surface area contributed by atoms with E-state index < -0.39 is 5.60 Å².